The fraction of sp³-hybridized carbons (Fsp3) is 0.526. The monoisotopic (exact) mass is 380 g/mol. The van der Waals surface area contributed by atoms with E-state index in [-0.39, 0.29) is 36.1 Å². The van der Waals surface area contributed by atoms with Gasteiger partial charge in [0.2, 0.25) is 11.8 Å². The summed E-state index contributed by atoms with van der Waals surface area (Å²) in [5, 5.41) is 11.8. The summed E-state index contributed by atoms with van der Waals surface area (Å²) >= 11 is 1.37. The number of rotatable bonds is 8. The number of carbonyl (C=O) groups excluding carboxylic acids is 2. The SMILES string of the molecule is CC(=O)NCCN(C(=O)CSc1ccc(C(C)(C)C)cc1)C(C)C(=O)O. The molecule has 1 aromatic rings. The molecule has 1 rings (SSSR count). The lowest BCUT2D eigenvalue weighted by Crippen LogP contribution is -2.47. The second-order valence-electron chi connectivity index (χ2n) is 7.15. The van der Waals surface area contributed by atoms with Gasteiger partial charge in [-0.15, -0.1) is 11.8 Å². The first-order valence-electron chi connectivity index (χ1n) is 8.52. The topological polar surface area (TPSA) is 86.7 Å². The van der Waals surface area contributed by atoms with Crippen molar-refractivity contribution in [1.82, 2.24) is 10.2 Å². The maximum absolute atomic E-state index is 12.5. The summed E-state index contributed by atoms with van der Waals surface area (Å²) in [6.45, 7) is 9.65. The molecule has 0 aliphatic heterocycles. The third kappa shape index (κ3) is 7.07. The van der Waals surface area contributed by atoms with Crippen LogP contribution in [-0.4, -0.2) is 52.7 Å². The van der Waals surface area contributed by atoms with Crippen molar-refractivity contribution in [1.29, 1.82) is 0 Å². The molecule has 1 aromatic carbocycles. The average molecular weight is 381 g/mol. The number of hydrogen-bond acceptors (Lipinski definition) is 4. The van der Waals surface area contributed by atoms with E-state index >= 15 is 0 Å². The van der Waals surface area contributed by atoms with Gasteiger partial charge in [0, 0.05) is 24.9 Å². The van der Waals surface area contributed by atoms with Gasteiger partial charge >= 0.3 is 5.97 Å². The van der Waals surface area contributed by atoms with Gasteiger partial charge in [0.25, 0.3) is 0 Å². The number of aliphatic carboxylic acids is 1. The molecule has 1 unspecified atom stereocenters. The maximum atomic E-state index is 12.5. The molecule has 6 nitrogen and oxygen atoms in total. The number of hydrogen-bond donors (Lipinski definition) is 2. The molecular weight excluding hydrogens is 352 g/mol. The van der Waals surface area contributed by atoms with Gasteiger partial charge in [0.05, 0.1) is 5.75 Å². The van der Waals surface area contributed by atoms with E-state index in [1.165, 1.54) is 36.1 Å². The molecule has 0 heterocycles. The number of nitrogens with zero attached hydrogens (tertiary/aromatic N) is 1. The van der Waals surface area contributed by atoms with Crippen LogP contribution < -0.4 is 5.32 Å². The molecule has 0 aliphatic rings. The van der Waals surface area contributed by atoms with Crippen LogP contribution in [0.4, 0.5) is 0 Å². The molecule has 144 valence electrons. The Morgan fingerprint density at radius 2 is 1.77 bits per heavy atom. The van der Waals surface area contributed by atoms with Crippen molar-refractivity contribution in [2.45, 2.75) is 51.0 Å². The summed E-state index contributed by atoms with van der Waals surface area (Å²) in [4.78, 5) is 37.0. The molecule has 2 amide bonds. The van der Waals surface area contributed by atoms with Crippen molar-refractivity contribution in [3.8, 4) is 0 Å². The van der Waals surface area contributed by atoms with Crippen molar-refractivity contribution in [2.24, 2.45) is 0 Å². The van der Waals surface area contributed by atoms with E-state index in [0.29, 0.717) is 0 Å². The highest BCUT2D eigenvalue weighted by atomic mass is 32.2. The second-order valence-corrected chi connectivity index (χ2v) is 8.20. The molecule has 7 heteroatoms. The third-order valence-electron chi connectivity index (χ3n) is 3.95. The van der Waals surface area contributed by atoms with Crippen LogP contribution in [-0.2, 0) is 19.8 Å². The van der Waals surface area contributed by atoms with Crippen LogP contribution in [0.3, 0.4) is 0 Å². The third-order valence-corrected chi connectivity index (χ3v) is 4.95. The molecule has 1 atom stereocenters. The molecule has 0 saturated heterocycles. The summed E-state index contributed by atoms with van der Waals surface area (Å²) in [6, 6.07) is 7.09. The lowest BCUT2D eigenvalue weighted by atomic mass is 9.87. The largest absolute Gasteiger partial charge is 0.480 e. The zero-order valence-electron chi connectivity index (χ0n) is 16.0. The Kier molecular flexibility index (Phi) is 8.14. The van der Waals surface area contributed by atoms with Crippen LogP contribution in [0.15, 0.2) is 29.2 Å². The number of thioether (sulfide) groups is 1. The van der Waals surface area contributed by atoms with Gasteiger partial charge in [-0.25, -0.2) is 4.79 Å². The highest BCUT2D eigenvalue weighted by Crippen LogP contribution is 2.25. The highest BCUT2D eigenvalue weighted by molar-refractivity contribution is 8.00. The van der Waals surface area contributed by atoms with E-state index in [9.17, 15) is 19.5 Å². The van der Waals surface area contributed by atoms with Gasteiger partial charge in [0.15, 0.2) is 0 Å². The summed E-state index contributed by atoms with van der Waals surface area (Å²) in [6.07, 6.45) is 0. The summed E-state index contributed by atoms with van der Waals surface area (Å²) < 4.78 is 0. The summed E-state index contributed by atoms with van der Waals surface area (Å²) in [5.41, 5.74) is 1.28. The Labute approximate surface area is 159 Å². The van der Waals surface area contributed by atoms with Crippen LogP contribution in [0.25, 0.3) is 0 Å². The molecule has 0 fully saturated rings. The van der Waals surface area contributed by atoms with Crippen molar-refractivity contribution in [2.75, 3.05) is 18.8 Å². The first-order valence-corrected chi connectivity index (χ1v) is 9.51. The maximum Gasteiger partial charge on any atom is 0.326 e. The molecule has 26 heavy (non-hydrogen) atoms. The number of nitrogens with one attached hydrogen (secondary N) is 1. The zero-order chi connectivity index (χ0) is 19.9. The number of carboxylic acid groups (broad SMARTS) is 1. The van der Waals surface area contributed by atoms with Gasteiger partial charge in [-0.2, -0.15) is 0 Å². The van der Waals surface area contributed by atoms with E-state index in [2.05, 4.69) is 26.1 Å². The van der Waals surface area contributed by atoms with Crippen LogP contribution in [0.5, 0.6) is 0 Å². The minimum absolute atomic E-state index is 0.0659. The lowest BCUT2D eigenvalue weighted by molar-refractivity contribution is -0.148. The van der Waals surface area contributed by atoms with Gasteiger partial charge < -0.3 is 15.3 Å². The smallest absolute Gasteiger partial charge is 0.326 e. The predicted molar refractivity (Wildman–Crippen MR) is 103 cm³/mol. The van der Waals surface area contributed by atoms with Crippen molar-refractivity contribution < 1.29 is 19.5 Å². The number of amides is 2. The molecule has 0 spiro atoms. The van der Waals surface area contributed by atoms with Gasteiger partial charge in [0.1, 0.15) is 6.04 Å². The minimum Gasteiger partial charge on any atom is -0.480 e. The first kappa shape index (κ1) is 22.0. The number of carboxylic acids is 1. The molecular formula is C19H28N2O4S. The van der Waals surface area contributed by atoms with Gasteiger partial charge in [-0.05, 0) is 30.0 Å². The Bertz CT molecular complexity index is 638. The van der Waals surface area contributed by atoms with Crippen LogP contribution in [0.2, 0.25) is 0 Å². The number of benzene rings is 1. The van der Waals surface area contributed by atoms with Crippen molar-refractivity contribution in [3.63, 3.8) is 0 Å². The fourth-order valence-corrected chi connectivity index (χ4v) is 3.08. The molecule has 0 bridgehead atoms. The lowest BCUT2D eigenvalue weighted by Gasteiger charge is -2.26. The number of carbonyl (C=O) groups is 3. The van der Waals surface area contributed by atoms with Crippen molar-refractivity contribution >= 4 is 29.5 Å². The minimum atomic E-state index is -1.07. The predicted octanol–water partition coefficient (Wildman–Crippen LogP) is 2.51. The second kappa shape index (κ2) is 9.62. The standard InChI is InChI=1S/C19H28N2O4S/c1-13(18(24)25)21(11-10-20-14(2)22)17(23)12-26-16-8-6-15(7-9-16)19(3,4)5/h6-9,13H,10-12H2,1-5H3,(H,20,22)(H,24,25). The Morgan fingerprint density at radius 1 is 1.19 bits per heavy atom. The van der Waals surface area contributed by atoms with Crippen molar-refractivity contribution in [3.05, 3.63) is 29.8 Å². The van der Waals surface area contributed by atoms with Crippen LogP contribution in [0, 0.1) is 0 Å². The van der Waals surface area contributed by atoms with Gasteiger partial charge in [-0.1, -0.05) is 32.9 Å². The Hall–Kier alpha value is -2.02. The van der Waals surface area contributed by atoms with E-state index < -0.39 is 12.0 Å². The van der Waals surface area contributed by atoms with Gasteiger partial charge in [-0.3, -0.25) is 9.59 Å². The summed E-state index contributed by atoms with van der Waals surface area (Å²) in [5.74, 6) is -1.41. The molecule has 0 radical (unpaired) electrons. The Morgan fingerprint density at radius 3 is 2.23 bits per heavy atom. The highest BCUT2D eigenvalue weighted by Gasteiger charge is 2.25. The molecule has 0 aromatic heterocycles. The normalized spacial score (nSPS) is 12.3. The molecule has 0 saturated carbocycles. The average Bonchev–Trinajstić information content (AvgIpc) is 2.55. The molecule has 2 N–H and O–H groups in total. The first-order chi connectivity index (χ1) is 12.0. The zero-order valence-corrected chi connectivity index (χ0v) is 16.9. The van der Waals surface area contributed by atoms with Crippen LogP contribution in [0.1, 0.15) is 40.2 Å². The fourth-order valence-electron chi connectivity index (χ4n) is 2.30. The van der Waals surface area contributed by atoms with E-state index in [0.717, 1.165) is 4.90 Å². The molecule has 0 aliphatic carbocycles. The van der Waals surface area contributed by atoms with E-state index in [1.54, 1.807) is 0 Å². The quantitative estimate of drug-likeness (QED) is 0.677. The van der Waals surface area contributed by atoms with E-state index in [1.807, 2.05) is 24.3 Å². The van der Waals surface area contributed by atoms with Crippen LogP contribution >= 0.6 is 11.8 Å². The van der Waals surface area contributed by atoms with E-state index in [4.69, 9.17) is 0 Å². The Balaban J connectivity index is 2.70. The summed E-state index contributed by atoms with van der Waals surface area (Å²) in [7, 11) is 0.